The fourth-order valence-corrected chi connectivity index (χ4v) is 4.17. The monoisotopic (exact) mass is 500 g/mol. The molecule has 0 aliphatic heterocycles. The Labute approximate surface area is 216 Å². The number of rotatable bonds is 6. The first-order chi connectivity index (χ1) is 18.5. The molecule has 2 heterocycles. The van der Waals surface area contributed by atoms with Crippen LogP contribution in [0.2, 0.25) is 0 Å². The highest BCUT2D eigenvalue weighted by atomic mass is 16.2. The number of aromatic nitrogens is 4. The van der Waals surface area contributed by atoms with Gasteiger partial charge in [0.25, 0.3) is 0 Å². The minimum atomic E-state index is -0.565. The Bertz CT molecular complexity index is 1690. The van der Waals surface area contributed by atoms with E-state index < -0.39 is 6.03 Å². The molecule has 0 bridgehead atoms. The van der Waals surface area contributed by atoms with Crippen molar-refractivity contribution in [3.05, 3.63) is 119 Å². The van der Waals surface area contributed by atoms with Crippen LogP contribution in [0.4, 0.5) is 16.7 Å². The highest BCUT2D eigenvalue weighted by molar-refractivity contribution is 6.11. The van der Waals surface area contributed by atoms with Gasteiger partial charge in [0.15, 0.2) is 11.6 Å². The van der Waals surface area contributed by atoms with E-state index in [-0.39, 0.29) is 23.5 Å². The van der Waals surface area contributed by atoms with Crippen LogP contribution in [-0.2, 0) is 0 Å². The number of ketones is 2. The van der Waals surface area contributed by atoms with Gasteiger partial charge in [-0.3, -0.25) is 20.2 Å². The zero-order valence-electron chi connectivity index (χ0n) is 19.9. The summed E-state index contributed by atoms with van der Waals surface area (Å²) >= 11 is 0. The van der Waals surface area contributed by atoms with Crippen LogP contribution in [0, 0.1) is 0 Å². The summed E-state index contributed by atoms with van der Waals surface area (Å²) in [6.07, 6.45) is 0. The van der Waals surface area contributed by atoms with E-state index >= 15 is 0 Å². The minimum absolute atomic E-state index is 0.110. The zero-order valence-corrected chi connectivity index (χ0v) is 19.9. The molecule has 9 heteroatoms. The van der Waals surface area contributed by atoms with Gasteiger partial charge in [0, 0.05) is 22.3 Å². The summed E-state index contributed by atoms with van der Waals surface area (Å²) in [5.74, 6) is 0.213. The molecule has 4 N–H and O–H groups in total. The van der Waals surface area contributed by atoms with Gasteiger partial charge >= 0.3 is 6.03 Å². The Balaban J connectivity index is 1.16. The highest BCUT2D eigenvalue weighted by Gasteiger charge is 2.14. The van der Waals surface area contributed by atoms with Crippen molar-refractivity contribution in [1.82, 2.24) is 19.9 Å². The standard InChI is InChI=1S/C29H20N6O3/c36-25(17-7-3-1-4-8-17)19-11-13-21-23(15-19)32-27(30-21)34-29(38)35-28-31-22-14-12-20(16-24(22)33-28)26(37)18-9-5-2-6-10-18/h1-16H,(H4,30,31,32,33,34,35,38). The summed E-state index contributed by atoms with van der Waals surface area (Å²) in [5.41, 5.74) is 4.60. The van der Waals surface area contributed by atoms with E-state index in [1.807, 2.05) is 36.4 Å². The maximum Gasteiger partial charge on any atom is 0.328 e. The highest BCUT2D eigenvalue weighted by Crippen LogP contribution is 2.20. The predicted molar refractivity (Wildman–Crippen MR) is 145 cm³/mol. The second-order valence-electron chi connectivity index (χ2n) is 8.60. The lowest BCUT2D eigenvalue weighted by atomic mass is 10.0. The predicted octanol–water partition coefficient (Wildman–Crippen LogP) is 5.55. The molecule has 0 atom stereocenters. The number of imidazole rings is 2. The number of aromatic amines is 2. The van der Waals surface area contributed by atoms with E-state index in [9.17, 15) is 14.4 Å². The topological polar surface area (TPSA) is 133 Å². The van der Waals surface area contributed by atoms with E-state index in [1.54, 1.807) is 60.7 Å². The number of hydrogen-bond acceptors (Lipinski definition) is 5. The van der Waals surface area contributed by atoms with Gasteiger partial charge in [0.2, 0.25) is 11.9 Å². The molecule has 0 fully saturated rings. The summed E-state index contributed by atoms with van der Waals surface area (Å²) in [7, 11) is 0. The van der Waals surface area contributed by atoms with Crippen LogP contribution in [0.25, 0.3) is 22.1 Å². The molecule has 0 spiro atoms. The molecule has 184 valence electrons. The van der Waals surface area contributed by atoms with E-state index in [2.05, 4.69) is 30.6 Å². The molecule has 0 unspecified atom stereocenters. The number of urea groups is 1. The fraction of sp³-hybridized carbons (Fsp3) is 0. The van der Waals surface area contributed by atoms with E-state index in [4.69, 9.17) is 0 Å². The minimum Gasteiger partial charge on any atom is -0.324 e. The van der Waals surface area contributed by atoms with Crippen molar-refractivity contribution in [2.24, 2.45) is 0 Å². The molecule has 2 amide bonds. The number of carbonyl (C=O) groups is 3. The van der Waals surface area contributed by atoms with Gasteiger partial charge < -0.3 is 9.97 Å². The lowest BCUT2D eigenvalue weighted by Gasteiger charge is -2.01. The maximum absolute atomic E-state index is 12.7. The molecule has 6 aromatic rings. The quantitative estimate of drug-likeness (QED) is 0.223. The molecular weight excluding hydrogens is 480 g/mol. The first-order valence-electron chi connectivity index (χ1n) is 11.8. The summed E-state index contributed by atoms with van der Waals surface area (Å²) < 4.78 is 0. The average Bonchev–Trinajstić information content (AvgIpc) is 3.54. The van der Waals surface area contributed by atoms with Crippen LogP contribution in [0.3, 0.4) is 0 Å². The number of carbonyl (C=O) groups excluding carboxylic acids is 3. The first kappa shape index (κ1) is 22.9. The second kappa shape index (κ2) is 9.47. The van der Waals surface area contributed by atoms with Crippen molar-refractivity contribution >= 4 is 51.6 Å². The van der Waals surface area contributed by atoms with Gasteiger partial charge in [0.1, 0.15) is 0 Å². The van der Waals surface area contributed by atoms with E-state index in [0.29, 0.717) is 44.3 Å². The Kier molecular flexibility index (Phi) is 5.70. The molecule has 4 aromatic carbocycles. The number of anilines is 2. The summed E-state index contributed by atoms with van der Waals surface area (Å²) in [4.78, 5) is 52.9. The summed E-state index contributed by atoms with van der Waals surface area (Å²) in [6.45, 7) is 0. The van der Waals surface area contributed by atoms with Crippen LogP contribution in [0.5, 0.6) is 0 Å². The Hall–Kier alpha value is -5.57. The third kappa shape index (κ3) is 4.51. The Morgan fingerprint density at radius 1 is 0.526 bits per heavy atom. The molecular formula is C29H20N6O3. The Morgan fingerprint density at radius 3 is 1.37 bits per heavy atom. The smallest absolute Gasteiger partial charge is 0.324 e. The Morgan fingerprint density at radius 2 is 0.947 bits per heavy atom. The number of hydrogen-bond donors (Lipinski definition) is 4. The van der Waals surface area contributed by atoms with Gasteiger partial charge in [-0.2, -0.15) is 0 Å². The number of nitrogens with one attached hydrogen (secondary N) is 4. The van der Waals surface area contributed by atoms with Crippen molar-refractivity contribution in [3.63, 3.8) is 0 Å². The maximum atomic E-state index is 12.7. The molecule has 38 heavy (non-hydrogen) atoms. The van der Waals surface area contributed by atoms with E-state index in [0.717, 1.165) is 0 Å². The van der Waals surface area contributed by atoms with Crippen molar-refractivity contribution in [2.45, 2.75) is 0 Å². The van der Waals surface area contributed by atoms with Crippen LogP contribution in [0.15, 0.2) is 97.1 Å². The van der Waals surface area contributed by atoms with Gasteiger partial charge in [-0.1, -0.05) is 60.7 Å². The molecule has 0 aliphatic rings. The van der Waals surface area contributed by atoms with Crippen molar-refractivity contribution in [1.29, 1.82) is 0 Å². The summed E-state index contributed by atoms with van der Waals surface area (Å²) in [5, 5.41) is 5.28. The number of nitrogens with zero attached hydrogens (tertiary/aromatic N) is 2. The number of H-pyrrole nitrogens is 2. The number of amides is 2. The molecule has 2 aromatic heterocycles. The fourth-order valence-electron chi connectivity index (χ4n) is 4.17. The van der Waals surface area contributed by atoms with Gasteiger partial charge in [-0.25, -0.2) is 14.8 Å². The van der Waals surface area contributed by atoms with E-state index in [1.165, 1.54) is 0 Å². The average molecular weight is 501 g/mol. The van der Waals surface area contributed by atoms with Crippen LogP contribution in [-0.4, -0.2) is 37.5 Å². The lowest BCUT2D eigenvalue weighted by Crippen LogP contribution is -2.20. The number of benzene rings is 4. The van der Waals surface area contributed by atoms with Crippen molar-refractivity contribution in [3.8, 4) is 0 Å². The molecule has 0 radical (unpaired) electrons. The summed E-state index contributed by atoms with van der Waals surface area (Å²) in [6, 6.07) is 27.7. The van der Waals surface area contributed by atoms with Gasteiger partial charge in [0.05, 0.1) is 22.1 Å². The van der Waals surface area contributed by atoms with Crippen molar-refractivity contribution < 1.29 is 14.4 Å². The normalized spacial score (nSPS) is 10.9. The lowest BCUT2D eigenvalue weighted by molar-refractivity contribution is 0.103. The number of fused-ring (bicyclic) bond motifs is 2. The molecule has 0 aliphatic carbocycles. The zero-order chi connectivity index (χ0) is 26.1. The second-order valence-corrected chi connectivity index (χ2v) is 8.60. The first-order valence-corrected chi connectivity index (χ1v) is 11.8. The molecule has 9 nitrogen and oxygen atoms in total. The molecule has 6 rings (SSSR count). The van der Waals surface area contributed by atoms with Crippen LogP contribution >= 0.6 is 0 Å². The largest absolute Gasteiger partial charge is 0.328 e. The molecule has 0 saturated heterocycles. The van der Waals surface area contributed by atoms with Crippen LogP contribution < -0.4 is 10.6 Å². The SMILES string of the molecule is O=C(Nc1nc2cc(C(=O)c3ccccc3)ccc2[nH]1)Nc1nc2cc(C(=O)c3ccccc3)ccc2[nH]1. The van der Waals surface area contributed by atoms with Gasteiger partial charge in [-0.05, 0) is 36.4 Å². The third-order valence-corrected chi connectivity index (χ3v) is 6.03. The van der Waals surface area contributed by atoms with Crippen molar-refractivity contribution in [2.75, 3.05) is 10.6 Å². The van der Waals surface area contributed by atoms with Gasteiger partial charge in [-0.15, -0.1) is 0 Å². The van der Waals surface area contributed by atoms with Crippen LogP contribution in [0.1, 0.15) is 31.8 Å². The third-order valence-electron chi connectivity index (χ3n) is 6.03. The molecule has 0 saturated carbocycles.